The van der Waals surface area contributed by atoms with Gasteiger partial charge in [-0.25, -0.2) is 0 Å². The van der Waals surface area contributed by atoms with Crippen molar-refractivity contribution in [1.82, 2.24) is 4.90 Å². The molecule has 3 rings (SSSR count). The Hall–Kier alpha value is -1.05. The quantitative estimate of drug-likeness (QED) is 0.617. The Bertz CT molecular complexity index is 331. The zero-order valence-electron chi connectivity index (χ0n) is 8.28. The van der Waals surface area contributed by atoms with Crippen LogP contribution in [-0.4, -0.2) is 23.3 Å². The second kappa shape index (κ2) is 2.72. The number of carbonyl (C=O) groups is 1. The van der Waals surface area contributed by atoms with Crippen LogP contribution in [0.3, 0.4) is 0 Å². The van der Waals surface area contributed by atoms with Gasteiger partial charge in [0.1, 0.15) is 0 Å². The third-order valence-corrected chi connectivity index (χ3v) is 3.76. The van der Waals surface area contributed by atoms with Crippen molar-refractivity contribution in [2.24, 2.45) is 11.8 Å². The molecule has 0 radical (unpaired) electrons. The highest BCUT2D eigenvalue weighted by atomic mass is 16.1. The highest BCUT2D eigenvalue weighted by Crippen LogP contribution is 2.57. The number of carbonyl (C=O) groups excluding carboxylic acids is 1. The van der Waals surface area contributed by atoms with E-state index in [1.54, 1.807) is 0 Å². The Labute approximate surface area is 84.3 Å². The van der Waals surface area contributed by atoms with E-state index in [-0.39, 0.29) is 0 Å². The second-order valence-corrected chi connectivity index (χ2v) is 4.58. The lowest BCUT2D eigenvalue weighted by Gasteiger charge is -2.32. The summed E-state index contributed by atoms with van der Waals surface area (Å²) < 4.78 is 0. The molecule has 1 aliphatic carbocycles. The molecule has 0 aromatic carbocycles. The number of ketones is 1. The van der Waals surface area contributed by atoms with Gasteiger partial charge in [0.15, 0.2) is 5.78 Å². The number of piperidine rings is 1. The van der Waals surface area contributed by atoms with Gasteiger partial charge in [-0.3, -0.25) is 4.79 Å². The molecule has 2 fully saturated rings. The van der Waals surface area contributed by atoms with E-state index >= 15 is 0 Å². The van der Waals surface area contributed by atoms with Crippen molar-refractivity contribution in [1.29, 1.82) is 0 Å². The van der Waals surface area contributed by atoms with Crippen molar-refractivity contribution in [3.63, 3.8) is 0 Å². The van der Waals surface area contributed by atoms with Gasteiger partial charge in [0.25, 0.3) is 0 Å². The Kier molecular flexibility index (Phi) is 1.61. The van der Waals surface area contributed by atoms with Crippen LogP contribution in [-0.2, 0) is 4.79 Å². The summed E-state index contributed by atoms with van der Waals surface area (Å²) >= 11 is 0. The number of fused-ring (bicyclic) bond motifs is 3. The molecule has 3 aliphatic rings. The van der Waals surface area contributed by atoms with Gasteiger partial charge in [0.05, 0.1) is 0 Å². The van der Waals surface area contributed by atoms with Gasteiger partial charge in [0, 0.05) is 36.7 Å². The summed E-state index contributed by atoms with van der Waals surface area (Å²) in [7, 11) is 0. The van der Waals surface area contributed by atoms with E-state index in [1.165, 1.54) is 12.1 Å². The average molecular weight is 189 g/mol. The van der Waals surface area contributed by atoms with Gasteiger partial charge in [-0.15, -0.1) is 6.58 Å². The maximum absolute atomic E-state index is 11.3. The van der Waals surface area contributed by atoms with Crippen molar-refractivity contribution in [2.45, 2.75) is 25.3 Å². The standard InChI is InChI=1S/C12H15NO/c1-2-3-11-9-7-10(9)12-6-8(14)4-5-13(11)12/h2,6,9-11H,1,3-5,7H2/t9-,10+,11+/m1/s1. The Morgan fingerprint density at radius 2 is 2.50 bits per heavy atom. The fourth-order valence-electron chi connectivity index (χ4n) is 3.04. The maximum Gasteiger partial charge on any atom is 0.159 e. The topological polar surface area (TPSA) is 20.3 Å². The van der Waals surface area contributed by atoms with Gasteiger partial charge in [-0.2, -0.15) is 0 Å². The zero-order valence-corrected chi connectivity index (χ0v) is 8.28. The first-order chi connectivity index (χ1) is 6.81. The minimum Gasteiger partial charge on any atom is -0.370 e. The zero-order chi connectivity index (χ0) is 9.71. The normalized spacial score (nSPS) is 38.9. The first kappa shape index (κ1) is 8.27. The van der Waals surface area contributed by atoms with E-state index in [1.807, 2.05) is 12.2 Å². The molecule has 0 amide bonds. The van der Waals surface area contributed by atoms with Crippen LogP contribution in [0, 0.1) is 11.8 Å². The molecule has 2 heterocycles. The van der Waals surface area contributed by atoms with Crippen LogP contribution in [0.5, 0.6) is 0 Å². The fraction of sp³-hybridized carbons (Fsp3) is 0.583. The Morgan fingerprint density at radius 1 is 1.64 bits per heavy atom. The maximum atomic E-state index is 11.3. The predicted octanol–water partition coefficient (Wildman–Crippen LogP) is 1.74. The Balaban J connectivity index is 1.90. The molecule has 0 aromatic rings. The van der Waals surface area contributed by atoms with Crippen LogP contribution in [0.25, 0.3) is 0 Å². The Morgan fingerprint density at radius 3 is 3.29 bits per heavy atom. The fourth-order valence-corrected chi connectivity index (χ4v) is 3.04. The molecule has 14 heavy (non-hydrogen) atoms. The van der Waals surface area contributed by atoms with Gasteiger partial charge in [0.2, 0.25) is 0 Å². The summed E-state index contributed by atoms with van der Waals surface area (Å²) in [4.78, 5) is 13.8. The van der Waals surface area contributed by atoms with Crippen molar-refractivity contribution < 1.29 is 4.79 Å². The lowest BCUT2D eigenvalue weighted by atomic mass is 10.1. The highest BCUT2D eigenvalue weighted by molar-refractivity contribution is 5.91. The molecule has 1 saturated heterocycles. The molecular weight excluding hydrogens is 174 g/mol. The highest BCUT2D eigenvalue weighted by Gasteiger charge is 2.55. The summed E-state index contributed by atoms with van der Waals surface area (Å²) in [6.45, 7) is 4.76. The van der Waals surface area contributed by atoms with Gasteiger partial charge >= 0.3 is 0 Å². The monoisotopic (exact) mass is 189 g/mol. The molecule has 2 aliphatic heterocycles. The molecule has 0 bridgehead atoms. The molecule has 0 aromatic heterocycles. The van der Waals surface area contributed by atoms with Crippen LogP contribution in [0.2, 0.25) is 0 Å². The predicted molar refractivity (Wildman–Crippen MR) is 54.6 cm³/mol. The van der Waals surface area contributed by atoms with Crippen LogP contribution in [0.4, 0.5) is 0 Å². The van der Waals surface area contributed by atoms with E-state index < -0.39 is 0 Å². The van der Waals surface area contributed by atoms with Gasteiger partial charge < -0.3 is 4.90 Å². The van der Waals surface area contributed by atoms with E-state index in [9.17, 15) is 4.79 Å². The first-order valence-corrected chi connectivity index (χ1v) is 5.43. The summed E-state index contributed by atoms with van der Waals surface area (Å²) in [5.74, 6) is 1.86. The van der Waals surface area contributed by atoms with Crippen LogP contribution < -0.4 is 0 Å². The number of hydrogen-bond donors (Lipinski definition) is 0. The van der Waals surface area contributed by atoms with Crippen molar-refractivity contribution in [3.8, 4) is 0 Å². The lowest BCUT2D eigenvalue weighted by Crippen LogP contribution is -2.35. The molecule has 0 unspecified atom stereocenters. The summed E-state index contributed by atoms with van der Waals surface area (Å²) in [6, 6.07) is 0.650. The minimum atomic E-state index is 0.321. The van der Waals surface area contributed by atoms with Crippen molar-refractivity contribution in [3.05, 3.63) is 24.4 Å². The van der Waals surface area contributed by atoms with Crippen molar-refractivity contribution >= 4 is 5.78 Å². The van der Waals surface area contributed by atoms with Crippen LogP contribution in [0.15, 0.2) is 24.4 Å². The number of allylic oxidation sites excluding steroid dienone is 2. The van der Waals surface area contributed by atoms with E-state index in [4.69, 9.17) is 0 Å². The average Bonchev–Trinajstić information content (AvgIpc) is 2.89. The molecule has 2 nitrogen and oxygen atoms in total. The summed E-state index contributed by atoms with van der Waals surface area (Å²) in [5, 5.41) is 0. The molecule has 0 N–H and O–H groups in total. The first-order valence-electron chi connectivity index (χ1n) is 5.43. The minimum absolute atomic E-state index is 0.321. The van der Waals surface area contributed by atoms with Crippen LogP contribution >= 0.6 is 0 Å². The number of nitrogens with zero attached hydrogens (tertiary/aromatic N) is 1. The summed E-state index contributed by atoms with van der Waals surface area (Å²) in [5.41, 5.74) is 1.33. The van der Waals surface area contributed by atoms with E-state index in [0.717, 1.165) is 18.9 Å². The number of rotatable bonds is 2. The molecule has 0 spiro atoms. The molecule has 2 heteroatoms. The van der Waals surface area contributed by atoms with Gasteiger partial charge in [-0.1, -0.05) is 6.08 Å². The van der Waals surface area contributed by atoms with Crippen molar-refractivity contribution in [2.75, 3.05) is 6.54 Å². The SMILES string of the molecule is C=CC[C@H]1[C@@H]2C[C@@H]2C2=CC(=O)CCN21. The second-order valence-electron chi connectivity index (χ2n) is 4.58. The smallest absolute Gasteiger partial charge is 0.159 e. The number of hydrogen-bond acceptors (Lipinski definition) is 2. The summed E-state index contributed by atoms with van der Waals surface area (Å²) in [6.07, 6.45) is 6.98. The molecule has 3 atom stereocenters. The largest absolute Gasteiger partial charge is 0.370 e. The third kappa shape index (κ3) is 0.999. The van der Waals surface area contributed by atoms with E-state index in [2.05, 4.69) is 11.5 Å². The molecular formula is C12H15NO. The molecule has 74 valence electrons. The van der Waals surface area contributed by atoms with Gasteiger partial charge in [-0.05, 0) is 18.8 Å². The lowest BCUT2D eigenvalue weighted by molar-refractivity contribution is -0.115. The van der Waals surface area contributed by atoms with Crippen LogP contribution in [0.1, 0.15) is 19.3 Å². The van der Waals surface area contributed by atoms with E-state index in [0.29, 0.717) is 24.2 Å². The third-order valence-electron chi connectivity index (χ3n) is 3.76. The molecule has 1 saturated carbocycles.